The average molecular weight is 446 g/mol. The molecular formula is C26H20F6. The van der Waals surface area contributed by atoms with Crippen LogP contribution in [0.1, 0.15) is 48.4 Å². The van der Waals surface area contributed by atoms with Gasteiger partial charge in [-0.25, -0.2) is 26.3 Å². The molecular weight excluding hydrogens is 426 g/mol. The summed E-state index contributed by atoms with van der Waals surface area (Å²) in [6, 6.07) is 6.74. The van der Waals surface area contributed by atoms with Crippen LogP contribution in [-0.4, -0.2) is 0 Å². The van der Waals surface area contributed by atoms with Crippen LogP contribution in [0.4, 0.5) is 26.3 Å². The number of fused-ring (bicyclic) bond motifs is 1. The fraction of sp³-hybridized carbons (Fsp3) is 0.231. The van der Waals surface area contributed by atoms with Gasteiger partial charge in [0.25, 0.3) is 0 Å². The van der Waals surface area contributed by atoms with Gasteiger partial charge in [0, 0.05) is 11.1 Å². The maximum atomic E-state index is 14.8. The lowest BCUT2D eigenvalue weighted by molar-refractivity contribution is 0.447. The quantitative estimate of drug-likeness (QED) is 0.275. The summed E-state index contributed by atoms with van der Waals surface area (Å²) < 4.78 is 84.6. The largest absolute Gasteiger partial charge is 0.206 e. The van der Waals surface area contributed by atoms with Crippen molar-refractivity contribution in [3.63, 3.8) is 0 Å². The van der Waals surface area contributed by atoms with Gasteiger partial charge < -0.3 is 0 Å². The van der Waals surface area contributed by atoms with Crippen molar-refractivity contribution in [1.29, 1.82) is 0 Å². The van der Waals surface area contributed by atoms with Gasteiger partial charge in [-0.15, -0.1) is 0 Å². The first kappa shape index (κ1) is 22.2. The van der Waals surface area contributed by atoms with Crippen LogP contribution < -0.4 is 0 Å². The van der Waals surface area contributed by atoms with E-state index in [1.54, 1.807) is 0 Å². The van der Waals surface area contributed by atoms with E-state index in [2.05, 4.69) is 0 Å². The van der Waals surface area contributed by atoms with Gasteiger partial charge in [-0.1, -0.05) is 19.4 Å². The molecule has 0 saturated carbocycles. The molecule has 4 rings (SSSR count). The summed E-state index contributed by atoms with van der Waals surface area (Å²) in [5, 5.41) is 0. The molecule has 0 atom stereocenters. The zero-order valence-electron chi connectivity index (χ0n) is 17.3. The normalized spacial score (nSPS) is 13.2. The van der Waals surface area contributed by atoms with Crippen molar-refractivity contribution in [2.24, 2.45) is 0 Å². The monoisotopic (exact) mass is 446 g/mol. The first-order valence-electron chi connectivity index (χ1n) is 10.4. The maximum absolute atomic E-state index is 14.8. The predicted molar refractivity (Wildman–Crippen MR) is 113 cm³/mol. The van der Waals surface area contributed by atoms with Crippen molar-refractivity contribution in [2.45, 2.75) is 39.0 Å². The molecule has 0 spiro atoms. The molecule has 0 saturated heterocycles. The van der Waals surface area contributed by atoms with E-state index in [4.69, 9.17) is 0 Å². The second-order valence-corrected chi connectivity index (χ2v) is 7.99. The highest BCUT2D eigenvalue weighted by atomic mass is 19.2. The number of benzene rings is 3. The second-order valence-electron chi connectivity index (χ2n) is 7.99. The lowest BCUT2D eigenvalue weighted by Crippen LogP contribution is -2.05. The van der Waals surface area contributed by atoms with Crippen molar-refractivity contribution in [3.8, 4) is 11.1 Å². The van der Waals surface area contributed by atoms with Crippen LogP contribution in [0, 0.1) is 34.9 Å². The van der Waals surface area contributed by atoms with Crippen molar-refractivity contribution in [2.75, 3.05) is 0 Å². The van der Waals surface area contributed by atoms with E-state index in [0.29, 0.717) is 41.5 Å². The zero-order valence-corrected chi connectivity index (χ0v) is 17.3. The Morgan fingerprint density at radius 1 is 0.719 bits per heavy atom. The van der Waals surface area contributed by atoms with Crippen molar-refractivity contribution < 1.29 is 26.3 Å². The van der Waals surface area contributed by atoms with Crippen LogP contribution >= 0.6 is 0 Å². The molecule has 0 radical (unpaired) electrons. The third-order valence-electron chi connectivity index (χ3n) is 5.76. The van der Waals surface area contributed by atoms with E-state index in [0.717, 1.165) is 31.0 Å². The highest BCUT2D eigenvalue weighted by Gasteiger charge is 2.22. The van der Waals surface area contributed by atoms with Gasteiger partial charge in [0.05, 0.1) is 0 Å². The van der Waals surface area contributed by atoms with Gasteiger partial charge >= 0.3 is 0 Å². The fourth-order valence-electron chi connectivity index (χ4n) is 4.10. The van der Waals surface area contributed by atoms with Gasteiger partial charge in [-0.05, 0) is 89.9 Å². The Morgan fingerprint density at radius 2 is 1.38 bits per heavy atom. The van der Waals surface area contributed by atoms with Crippen LogP contribution in [0.3, 0.4) is 0 Å². The molecule has 3 aromatic rings. The molecule has 32 heavy (non-hydrogen) atoms. The van der Waals surface area contributed by atoms with Crippen LogP contribution in [0.5, 0.6) is 0 Å². The number of rotatable bonds is 5. The highest BCUT2D eigenvalue weighted by molar-refractivity contribution is 5.86. The zero-order chi connectivity index (χ0) is 23.0. The third-order valence-corrected chi connectivity index (χ3v) is 5.76. The molecule has 0 bridgehead atoms. The van der Waals surface area contributed by atoms with Crippen molar-refractivity contribution in [3.05, 3.63) is 93.6 Å². The Kier molecular flexibility index (Phi) is 6.13. The number of halogens is 6. The number of hydrogen-bond donors (Lipinski definition) is 0. The smallest absolute Gasteiger partial charge is 0.194 e. The predicted octanol–water partition coefficient (Wildman–Crippen LogP) is 8.02. The maximum Gasteiger partial charge on any atom is 0.194 e. The SMILES string of the molecule is CCCCc1cc(F)c(C2=Cc3cc(F)c(-c4cc(F)c(F)c(F)c4)cc3CC2)c(F)c1. The average Bonchev–Trinajstić information content (AvgIpc) is 2.74. The molecule has 0 heterocycles. The minimum Gasteiger partial charge on any atom is -0.206 e. The van der Waals surface area contributed by atoms with E-state index in [9.17, 15) is 26.3 Å². The van der Waals surface area contributed by atoms with E-state index in [1.165, 1.54) is 24.3 Å². The molecule has 0 amide bonds. The van der Waals surface area contributed by atoms with E-state index in [-0.39, 0.29) is 16.7 Å². The fourth-order valence-corrected chi connectivity index (χ4v) is 4.10. The molecule has 0 aliphatic heterocycles. The number of allylic oxidation sites excluding steroid dienone is 1. The van der Waals surface area contributed by atoms with Gasteiger partial charge in [0.1, 0.15) is 17.5 Å². The van der Waals surface area contributed by atoms with E-state index in [1.807, 2.05) is 6.92 Å². The van der Waals surface area contributed by atoms with Crippen LogP contribution in [0.25, 0.3) is 22.8 Å². The Morgan fingerprint density at radius 3 is 2.00 bits per heavy atom. The molecule has 0 nitrogen and oxygen atoms in total. The first-order chi connectivity index (χ1) is 15.3. The molecule has 1 aliphatic rings. The Hall–Kier alpha value is -3.02. The molecule has 0 N–H and O–H groups in total. The third kappa shape index (κ3) is 4.18. The summed E-state index contributed by atoms with van der Waals surface area (Å²) in [5.74, 6) is -6.52. The van der Waals surface area contributed by atoms with Gasteiger partial charge in [0.15, 0.2) is 17.5 Å². The lowest BCUT2D eigenvalue weighted by Gasteiger charge is -2.20. The van der Waals surface area contributed by atoms with Gasteiger partial charge in [-0.3, -0.25) is 0 Å². The summed E-state index contributed by atoms with van der Waals surface area (Å²) in [7, 11) is 0. The Bertz CT molecular complexity index is 1180. The van der Waals surface area contributed by atoms with Crippen molar-refractivity contribution >= 4 is 11.6 Å². The lowest BCUT2D eigenvalue weighted by atomic mass is 9.86. The Labute approximate surface area is 182 Å². The van der Waals surface area contributed by atoms with Crippen LogP contribution in [-0.2, 0) is 12.8 Å². The second kappa shape index (κ2) is 8.85. The summed E-state index contributed by atoms with van der Waals surface area (Å²) >= 11 is 0. The first-order valence-corrected chi connectivity index (χ1v) is 10.4. The standard InChI is InChI=1S/C26H20F6/c1-2-3-4-14-7-21(28)25(22(29)8-14)16-6-5-15-10-19(20(27)11-17(15)9-16)18-12-23(30)26(32)24(31)13-18/h7-13H,2-6H2,1H3. The molecule has 6 heteroatoms. The van der Waals surface area contributed by atoms with Crippen LogP contribution in [0.15, 0.2) is 36.4 Å². The number of aryl methyl sites for hydroxylation is 2. The summed E-state index contributed by atoms with van der Waals surface area (Å²) in [5.41, 5.74) is 1.79. The summed E-state index contributed by atoms with van der Waals surface area (Å²) in [4.78, 5) is 0. The van der Waals surface area contributed by atoms with Gasteiger partial charge in [0.2, 0.25) is 0 Å². The topological polar surface area (TPSA) is 0 Å². The molecule has 0 aromatic heterocycles. The minimum absolute atomic E-state index is 0.0731. The molecule has 0 fully saturated rings. The van der Waals surface area contributed by atoms with Crippen molar-refractivity contribution in [1.82, 2.24) is 0 Å². The molecule has 166 valence electrons. The number of hydrogen-bond acceptors (Lipinski definition) is 0. The van der Waals surface area contributed by atoms with E-state index >= 15 is 0 Å². The van der Waals surface area contributed by atoms with Gasteiger partial charge in [-0.2, -0.15) is 0 Å². The molecule has 0 unspecified atom stereocenters. The highest BCUT2D eigenvalue weighted by Crippen LogP contribution is 2.37. The number of unbranched alkanes of at least 4 members (excludes halogenated alkanes) is 1. The van der Waals surface area contributed by atoms with E-state index < -0.39 is 34.9 Å². The Balaban J connectivity index is 1.72. The van der Waals surface area contributed by atoms with Crippen LogP contribution in [0.2, 0.25) is 0 Å². The molecule has 1 aliphatic carbocycles. The summed E-state index contributed by atoms with van der Waals surface area (Å²) in [6.45, 7) is 2.00. The molecule has 3 aromatic carbocycles. The summed E-state index contributed by atoms with van der Waals surface area (Å²) in [6.07, 6.45) is 4.54. The minimum atomic E-state index is -1.62.